The monoisotopic (exact) mass is 435 g/mol. The molecule has 8 nitrogen and oxygen atoms in total. The lowest BCUT2D eigenvalue weighted by Gasteiger charge is -2.40. The van der Waals surface area contributed by atoms with Crippen LogP contribution in [0.5, 0.6) is 0 Å². The van der Waals surface area contributed by atoms with Crippen molar-refractivity contribution in [2.75, 3.05) is 44.6 Å². The van der Waals surface area contributed by atoms with Gasteiger partial charge in [-0.15, -0.1) is 0 Å². The van der Waals surface area contributed by atoms with Gasteiger partial charge in [-0.25, -0.2) is 4.98 Å². The highest BCUT2D eigenvalue weighted by molar-refractivity contribution is 7.17. The third-order valence-electron chi connectivity index (χ3n) is 6.27. The molecule has 0 radical (unpaired) electrons. The molecule has 3 amide bonds. The van der Waals surface area contributed by atoms with Gasteiger partial charge in [0.25, 0.3) is 5.91 Å². The zero-order chi connectivity index (χ0) is 21.7. The molecule has 3 heterocycles. The molecule has 2 fully saturated rings. The maximum absolute atomic E-state index is 12.9. The summed E-state index contributed by atoms with van der Waals surface area (Å²) < 4.78 is 0. The van der Waals surface area contributed by atoms with Crippen molar-refractivity contribution in [1.29, 1.82) is 0 Å². The van der Waals surface area contributed by atoms with Crippen LogP contribution in [0.25, 0.3) is 0 Å². The van der Waals surface area contributed by atoms with Gasteiger partial charge in [0.15, 0.2) is 5.13 Å². The lowest BCUT2D eigenvalue weighted by atomic mass is 9.85. The Kier molecular flexibility index (Phi) is 7.69. The Hall–Kier alpha value is -2.16. The smallest absolute Gasteiger partial charge is 0.263 e. The Labute approximate surface area is 182 Å². The zero-order valence-corrected chi connectivity index (χ0v) is 19.0. The summed E-state index contributed by atoms with van der Waals surface area (Å²) in [6.07, 6.45) is 4.02. The highest BCUT2D eigenvalue weighted by atomic mass is 32.1. The van der Waals surface area contributed by atoms with Gasteiger partial charge >= 0.3 is 0 Å². The zero-order valence-electron chi connectivity index (χ0n) is 18.1. The predicted octanol–water partition coefficient (Wildman–Crippen LogP) is 2.05. The fourth-order valence-electron chi connectivity index (χ4n) is 4.32. The van der Waals surface area contributed by atoms with Gasteiger partial charge in [0.2, 0.25) is 11.8 Å². The van der Waals surface area contributed by atoms with Crippen molar-refractivity contribution in [3.63, 3.8) is 0 Å². The van der Waals surface area contributed by atoms with Crippen molar-refractivity contribution in [3.8, 4) is 0 Å². The van der Waals surface area contributed by atoms with E-state index in [0.717, 1.165) is 44.0 Å². The van der Waals surface area contributed by atoms with E-state index in [9.17, 15) is 14.4 Å². The Bertz CT molecular complexity index is 760. The molecule has 1 aromatic heterocycles. The minimum absolute atomic E-state index is 0.0290. The van der Waals surface area contributed by atoms with E-state index >= 15 is 0 Å². The summed E-state index contributed by atoms with van der Waals surface area (Å²) in [5, 5.41) is 6.92. The van der Waals surface area contributed by atoms with E-state index in [1.807, 2.05) is 16.7 Å². The first-order valence-electron chi connectivity index (χ1n) is 10.9. The molecule has 2 aliphatic rings. The number of likely N-dealkylation sites (tertiary alicyclic amines) is 2. The van der Waals surface area contributed by atoms with Crippen LogP contribution in [0, 0.1) is 17.8 Å². The first-order valence-corrected chi connectivity index (χ1v) is 11.7. The van der Waals surface area contributed by atoms with Gasteiger partial charge < -0.3 is 20.4 Å². The van der Waals surface area contributed by atoms with E-state index in [-0.39, 0.29) is 23.6 Å². The van der Waals surface area contributed by atoms with E-state index in [1.165, 1.54) is 11.3 Å². The van der Waals surface area contributed by atoms with Crippen LogP contribution in [0.2, 0.25) is 0 Å². The molecule has 0 saturated carbocycles. The van der Waals surface area contributed by atoms with Gasteiger partial charge in [-0.05, 0) is 38.0 Å². The van der Waals surface area contributed by atoms with Gasteiger partial charge in [0, 0.05) is 52.1 Å². The van der Waals surface area contributed by atoms with Crippen molar-refractivity contribution < 1.29 is 14.4 Å². The Morgan fingerprint density at radius 2 is 1.87 bits per heavy atom. The average molecular weight is 436 g/mol. The molecule has 2 saturated heterocycles. The lowest BCUT2D eigenvalue weighted by Crippen LogP contribution is -2.49. The minimum Gasteiger partial charge on any atom is -0.362 e. The van der Waals surface area contributed by atoms with Crippen LogP contribution in [-0.4, -0.2) is 71.8 Å². The minimum atomic E-state index is -0.0837. The largest absolute Gasteiger partial charge is 0.362 e. The van der Waals surface area contributed by atoms with E-state index in [2.05, 4.69) is 22.5 Å². The van der Waals surface area contributed by atoms with Gasteiger partial charge in [-0.2, -0.15) is 0 Å². The van der Waals surface area contributed by atoms with Crippen LogP contribution in [-0.2, 0) is 9.59 Å². The molecule has 1 aromatic rings. The van der Waals surface area contributed by atoms with Crippen molar-refractivity contribution in [3.05, 3.63) is 11.1 Å². The molecule has 0 aromatic carbocycles. The number of piperidine rings is 2. The second-order valence-corrected chi connectivity index (χ2v) is 9.39. The summed E-state index contributed by atoms with van der Waals surface area (Å²) in [6.45, 7) is 9.96. The predicted molar refractivity (Wildman–Crippen MR) is 117 cm³/mol. The number of hydrogen-bond donors (Lipinski definition) is 2. The van der Waals surface area contributed by atoms with Crippen LogP contribution in [0.1, 0.15) is 49.7 Å². The second-order valence-electron chi connectivity index (χ2n) is 8.36. The van der Waals surface area contributed by atoms with E-state index < -0.39 is 0 Å². The molecular weight excluding hydrogens is 402 g/mol. The summed E-state index contributed by atoms with van der Waals surface area (Å²) >= 11 is 1.36. The molecule has 0 bridgehead atoms. The third-order valence-corrected chi connectivity index (χ3v) is 7.22. The van der Waals surface area contributed by atoms with E-state index in [4.69, 9.17) is 0 Å². The first-order chi connectivity index (χ1) is 14.4. The Morgan fingerprint density at radius 1 is 1.17 bits per heavy atom. The second kappa shape index (κ2) is 10.2. The van der Waals surface area contributed by atoms with Crippen LogP contribution >= 0.6 is 11.3 Å². The molecule has 166 valence electrons. The molecule has 3 rings (SSSR count). The van der Waals surface area contributed by atoms with Crippen molar-refractivity contribution in [2.45, 2.75) is 40.0 Å². The quantitative estimate of drug-likeness (QED) is 0.713. The topological polar surface area (TPSA) is 94.6 Å². The number of anilines is 1. The molecule has 9 heteroatoms. The highest BCUT2D eigenvalue weighted by Gasteiger charge is 2.34. The van der Waals surface area contributed by atoms with E-state index in [0.29, 0.717) is 36.3 Å². The maximum atomic E-state index is 12.9. The number of amides is 3. The van der Waals surface area contributed by atoms with Crippen molar-refractivity contribution in [2.24, 2.45) is 17.8 Å². The van der Waals surface area contributed by atoms with Crippen LogP contribution in [0.4, 0.5) is 5.13 Å². The molecular formula is C21H33N5O3S. The summed E-state index contributed by atoms with van der Waals surface area (Å²) in [4.78, 5) is 45.4. The molecule has 2 N–H and O–H groups in total. The lowest BCUT2D eigenvalue weighted by molar-refractivity contribution is -0.142. The number of hydrogen-bond acceptors (Lipinski definition) is 6. The highest BCUT2D eigenvalue weighted by Crippen LogP contribution is 2.27. The molecule has 30 heavy (non-hydrogen) atoms. The number of carbonyl (C=O) groups is 3. The maximum Gasteiger partial charge on any atom is 0.263 e. The third kappa shape index (κ3) is 5.50. The molecule has 2 unspecified atom stereocenters. The van der Waals surface area contributed by atoms with Crippen LogP contribution in [0.3, 0.4) is 0 Å². The fourth-order valence-corrected chi connectivity index (χ4v) is 5.12. The Morgan fingerprint density at radius 3 is 2.50 bits per heavy atom. The van der Waals surface area contributed by atoms with Gasteiger partial charge in [0.1, 0.15) is 4.88 Å². The fraction of sp³-hybridized carbons (Fsp3) is 0.714. The number of thiazole rings is 1. The Balaban J connectivity index is 1.44. The van der Waals surface area contributed by atoms with Crippen molar-refractivity contribution >= 4 is 34.2 Å². The normalized spacial score (nSPS) is 22.6. The summed E-state index contributed by atoms with van der Waals surface area (Å²) in [5.41, 5.74) is 0. The van der Waals surface area contributed by atoms with Gasteiger partial charge in [-0.3, -0.25) is 14.4 Å². The number of aromatic nitrogens is 1. The van der Waals surface area contributed by atoms with Gasteiger partial charge in [0.05, 0.1) is 6.20 Å². The summed E-state index contributed by atoms with van der Waals surface area (Å²) in [7, 11) is 0. The number of nitrogens with zero attached hydrogens (tertiary/aromatic N) is 3. The summed E-state index contributed by atoms with van der Waals surface area (Å²) in [5.74, 6) is 0.959. The molecule has 2 aliphatic heterocycles. The molecule has 0 spiro atoms. The van der Waals surface area contributed by atoms with E-state index in [1.54, 1.807) is 13.1 Å². The summed E-state index contributed by atoms with van der Waals surface area (Å²) in [6, 6.07) is 0. The molecule has 0 aliphatic carbocycles. The van der Waals surface area contributed by atoms with Gasteiger partial charge in [-0.1, -0.05) is 18.3 Å². The van der Waals surface area contributed by atoms with Crippen LogP contribution in [0.15, 0.2) is 6.20 Å². The van der Waals surface area contributed by atoms with Crippen molar-refractivity contribution in [1.82, 2.24) is 20.1 Å². The molecule has 2 atom stereocenters. The number of nitrogens with one attached hydrogen (secondary N) is 2. The first kappa shape index (κ1) is 22.5. The average Bonchev–Trinajstić information content (AvgIpc) is 3.21. The standard InChI is InChI=1S/C21H33N5O3S/c1-4-22-21-24-12-18(30-21)19(28)23-11-17-7-10-26(13-14(17)2)20(29)16-5-8-25(9-6-16)15(3)27/h12,14,16-17H,4-11,13H2,1-3H3,(H,22,24)(H,23,28). The number of carbonyl (C=O) groups excluding carboxylic acids is 3. The number of rotatable bonds is 6. The SMILES string of the molecule is CCNc1ncc(C(=O)NCC2CCN(C(=O)C3CCN(C(C)=O)CC3)CC2C)s1. The van der Waals surface area contributed by atoms with Crippen LogP contribution < -0.4 is 10.6 Å².